The maximum atomic E-state index is 13.9. The van der Waals surface area contributed by atoms with Gasteiger partial charge in [0.05, 0.1) is 5.56 Å². The lowest BCUT2D eigenvalue weighted by molar-refractivity contribution is 0.0996. The highest BCUT2D eigenvalue weighted by atomic mass is 35.5. The summed E-state index contributed by atoms with van der Waals surface area (Å²) >= 11 is 6.31. The molecule has 0 saturated heterocycles. The molecule has 0 bridgehead atoms. The molecular weight excluding hydrogens is 430 g/mol. The Morgan fingerprint density at radius 3 is 2.55 bits per heavy atom. The number of halogens is 3. The fourth-order valence-electron chi connectivity index (χ4n) is 2.29. The van der Waals surface area contributed by atoms with Crippen LogP contribution in [0, 0.1) is 11.6 Å². The second kappa shape index (κ2) is 10.9. The number of aliphatic hydroxyl groups excluding tert-OH is 1. The number of nitrogens with one attached hydrogen (secondary N) is 2. The van der Waals surface area contributed by atoms with Gasteiger partial charge in [0, 0.05) is 18.2 Å². The molecule has 0 aliphatic rings. The van der Waals surface area contributed by atoms with E-state index >= 15 is 0 Å². The number of primary amides is 1. The minimum atomic E-state index is -0.927. The van der Waals surface area contributed by atoms with Crippen molar-refractivity contribution in [1.29, 1.82) is 0 Å². The second-order valence-corrected chi connectivity index (χ2v) is 7.07. The third kappa shape index (κ3) is 6.51. The van der Waals surface area contributed by atoms with Crippen LogP contribution >= 0.6 is 23.1 Å². The van der Waals surface area contributed by atoms with Crippen LogP contribution in [-0.2, 0) is 6.61 Å². The molecule has 8 nitrogen and oxygen atoms in total. The summed E-state index contributed by atoms with van der Waals surface area (Å²) in [5, 5.41) is 13.7. The molecule has 0 atom stereocenters. The van der Waals surface area contributed by atoms with Gasteiger partial charge in [0.1, 0.15) is 28.8 Å². The third-order valence-corrected chi connectivity index (χ3v) is 4.68. The van der Waals surface area contributed by atoms with Crippen LogP contribution in [0.3, 0.4) is 0 Å². The van der Waals surface area contributed by atoms with Crippen molar-refractivity contribution in [3.8, 4) is 5.88 Å². The number of aromatic nitrogens is 1. The van der Waals surface area contributed by atoms with E-state index < -0.39 is 35.7 Å². The van der Waals surface area contributed by atoms with E-state index in [1.807, 2.05) is 0 Å². The standard InChI is InChI=1S/C17H19ClF2N4O4S/c18-9-6-11(19)10(12(20)7-9)8-28-15-13(14(21)26)16(29-24-15)23-17(27)22-4-2-1-3-5-25/h6-7,25H,1-5,8H2,(H2,21,26)(H2,22,23,27). The van der Waals surface area contributed by atoms with E-state index in [0.717, 1.165) is 30.1 Å². The molecule has 2 aromatic rings. The molecule has 12 heteroatoms. The Bertz CT molecular complexity index is 858. The molecule has 0 unspecified atom stereocenters. The molecule has 0 spiro atoms. The summed E-state index contributed by atoms with van der Waals surface area (Å²) < 4.78 is 36.8. The predicted molar refractivity (Wildman–Crippen MR) is 104 cm³/mol. The number of hydrogen-bond donors (Lipinski definition) is 4. The van der Waals surface area contributed by atoms with Gasteiger partial charge in [-0.2, -0.15) is 4.37 Å². The topological polar surface area (TPSA) is 127 Å². The molecule has 0 aliphatic carbocycles. The van der Waals surface area contributed by atoms with Crippen LogP contribution in [0.1, 0.15) is 35.2 Å². The van der Waals surface area contributed by atoms with Gasteiger partial charge in [0.25, 0.3) is 5.91 Å². The van der Waals surface area contributed by atoms with Crippen LogP contribution in [0.5, 0.6) is 5.88 Å². The maximum absolute atomic E-state index is 13.9. The van der Waals surface area contributed by atoms with Gasteiger partial charge in [-0.1, -0.05) is 11.6 Å². The van der Waals surface area contributed by atoms with E-state index in [9.17, 15) is 18.4 Å². The van der Waals surface area contributed by atoms with E-state index in [2.05, 4.69) is 15.0 Å². The number of nitrogens with two attached hydrogens (primary N) is 1. The van der Waals surface area contributed by atoms with Crippen LogP contribution in [0.15, 0.2) is 12.1 Å². The lowest BCUT2D eigenvalue weighted by Gasteiger charge is -2.09. The van der Waals surface area contributed by atoms with Crippen molar-refractivity contribution >= 4 is 40.1 Å². The van der Waals surface area contributed by atoms with Crippen molar-refractivity contribution in [2.75, 3.05) is 18.5 Å². The molecule has 0 radical (unpaired) electrons. The molecule has 0 aliphatic heterocycles. The van der Waals surface area contributed by atoms with Crippen molar-refractivity contribution in [3.63, 3.8) is 0 Å². The summed E-state index contributed by atoms with van der Waals surface area (Å²) in [5.41, 5.74) is 4.72. The van der Waals surface area contributed by atoms with Gasteiger partial charge in [0.15, 0.2) is 0 Å². The number of urea groups is 1. The molecule has 1 heterocycles. The molecule has 0 saturated carbocycles. The number of unbranched alkanes of at least 4 members (excludes halogenated alkanes) is 2. The zero-order chi connectivity index (χ0) is 21.4. The fraction of sp³-hybridized carbons (Fsp3) is 0.353. The summed E-state index contributed by atoms with van der Waals surface area (Å²) in [5.74, 6) is -3.01. The van der Waals surface area contributed by atoms with Crippen LogP contribution in [0.2, 0.25) is 5.02 Å². The molecule has 3 amide bonds. The minimum Gasteiger partial charge on any atom is -0.471 e. The van der Waals surface area contributed by atoms with E-state index in [1.54, 1.807) is 0 Å². The number of ether oxygens (including phenoxy) is 1. The number of anilines is 1. The van der Waals surface area contributed by atoms with Crippen molar-refractivity contribution in [2.45, 2.75) is 25.9 Å². The number of rotatable bonds is 10. The van der Waals surface area contributed by atoms with Gasteiger partial charge in [-0.15, -0.1) is 0 Å². The van der Waals surface area contributed by atoms with Crippen molar-refractivity contribution in [1.82, 2.24) is 9.69 Å². The zero-order valence-electron chi connectivity index (χ0n) is 15.1. The zero-order valence-corrected chi connectivity index (χ0v) is 16.7. The van der Waals surface area contributed by atoms with Crippen LogP contribution in [0.4, 0.5) is 18.6 Å². The Morgan fingerprint density at radius 1 is 1.24 bits per heavy atom. The van der Waals surface area contributed by atoms with Crippen molar-refractivity contribution in [2.24, 2.45) is 5.73 Å². The third-order valence-electron chi connectivity index (χ3n) is 3.71. The number of amides is 3. The van der Waals surface area contributed by atoms with E-state index in [1.165, 1.54) is 0 Å². The van der Waals surface area contributed by atoms with Gasteiger partial charge >= 0.3 is 6.03 Å². The number of hydrogen-bond acceptors (Lipinski definition) is 6. The van der Waals surface area contributed by atoms with Gasteiger partial charge in [-0.05, 0) is 42.9 Å². The molecule has 1 aromatic carbocycles. The van der Waals surface area contributed by atoms with Gasteiger partial charge in [-0.3, -0.25) is 10.1 Å². The average molecular weight is 449 g/mol. The number of benzene rings is 1. The van der Waals surface area contributed by atoms with E-state index in [4.69, 9.17) is 27.2 Å². The largest absolute Gasteiger partial charge is 0.471 e. The minimum absolute atomic E-state index is 0.0393. The highest BCUT2D eigenvalue weighted by Gasteiger charge is 2.23. The summed E-state index contributed by atoms with van der Waals surface area (Å²) in [6.07, 6.45) is 2.06. The molecule has 5 N–H and O–H groups in total. The van der Waals surface area contributed by atoms with Gasteiger partial charge < -0.3 is 20.9 Å². The Balaban J connectivity index is 2.03. The summed E-state index contributed by atoms with van der Waals surface area (Å²) in [6, 6.07) is 1.27. The van der Waals surface area contributed by atoms with E-state index in [-0.39, 0.29) is 28.1 Å². The maximum Gasteiger partial charge on any atom is 0.319 e. The molecule has 2 rings (SSSR count). The SMILES string of the molecule is NC(=O)c1c(OCc2c(F)cc(Cl)cc2F)nsc1NC(=O)NCCCCCO. The second-order valence-electron chi connectivity index (χ2n) is 5.86. The van der Waals surface area contributed by atoms with Crippen LogP contribution in [0.25, 0.3) is 0 Å². The monoisotopic (exact) mass is 448 g/mol. The molecule has 0 fully saturated rings. The Hall–Kier alpha value is -2.50. The average Bonchev–Trinajstić information content (AvgIpc) is 3.03. The van der Waals surface area contributed by atoms with Crippen LogP contribution < -0.4 is 21.1 Å². The Labute approximate surface area is 174 Å². The predicted octanol–water partition coefficient (Wildman–Crippen LogP) is 3.04. The molecular formula is C17H19ClF2N4O4S. The number of nitrogens with zero attached hydrogens (tertiary/aromatic N) is 1. The molecule has 158 valence electrons. The summed E-state index contributed by atoms with van der Waals surface area (Å²) in [7, 11) is 0. The number of aliphatic hydroxyl groups is 1. The molecule has 29 heavy (non-hydrogen) atoms. The lowest BCUT2D eigenvalue weighted by Crippen LogP contribution is -2.30. The van der Waals surface area contributed by atoms with Crippen molar-refractivity contribution in [3.05, 3.63) is 39.9 Å². The number of carbonyl (C=O) groups excluding carboxylic acids is 2. The highest BCUT2D eigenvalue weighted by molar-refractivity contribution is 7.11. The first-order valence-corrected chi connectivity index (χ1v) is 9.70. The highest BCUT2D eigenvalue weighted by Crippen LogP contribution is 2.31. The summed E-state index contributed by atoms with van der Waals surface area (Å²) in [6.45, 7) is -0.105. The van der Waals surface area contributed by atoms with Gasteiger partial charge in [0.2, 0.25) is 5.88 Å². The first-order valence-electron chi connectivity index (χ1n) is 8.55. The number of carbonyl (C=O) groups is 2. The quantitative estimate of drug-likeness (QED) is 0.415. The fourth-order valence-corrected chi connectivity index (χ4v) is 3.22. The first-order chi connectivity index (χ1) is 13.8. The normalized spacial score (nSPS) is 10.6. The van der Waals surface area contributed by atoms with E-state index in [0.29, 0.717) is 19.4 Å². The Kier molecular flexibility index (Phi) is 8.55. The first kappa shape index (κ1) is 22.8. The summed E-state index contributed by atoms with van der Waals surface area (Å²) in [4.78, 5) is 23.7. The van der Waals surface area contributed by atoms with Crippen molar-refractivity contribution < 1.29 is 28.2 Å². The molecule has 1 aromatic heterocycles. The lowest BCUT2D eigenvalue weighted by atomic mass is 10.2. The van der Waals surface area contributed by atoms with Gasteiger partial charge in [-0.25, -0.2) is 13.6 Å². The Morgan fingerprint density at radius 2 is 1.93 bits per heavy atom. The smallest absolute Gasteiger partial charge is 0.319 e. The van der Waals surface area contributed by atoms with Crippen LogP contribution in [-0.4, -0.2) is 34.6 Å².